The molecule has 5 heteroatoms. The molecule has 0 unspecified atom stereocenters. The van der Waals surface area contributed by atoms with Gasteiger partial charge in [0, 0.05) is 39.3 Å². The molecule has 0 amide bonds. The lowest BCUT2D eigenvalue weighted by atomic mass is 10.1. The van der Waals surface area contributed by atoms with Gasteiger partial charge in [-0.1, -0.05) is 12.1 Å². The molecule has 0 radical (unpaired) electrons. The molecule has 0 aliphatic carbocycles. The highest BCUT2D eigenvalue weighted by Gasteiger charge is 2.20. The second-order valence-electron chi connectivity index (χ2n) is 5.45. The van der Waals surface area contributed by atoms with Gasteiger partial charge in [-0.05, 0) is 26.2 Å². The molecule has 5 nitrogen and oxygen atoms in total. The number of rotatable bonds is 5. The fraction of sp³-hybridized carbons (Fsp3) is 0.533. The van der Waals surface area contributed by atoms with Crippen LogP contribution in [0.5, 0.6) is 0 Å². The second-order valence-corrected chi connectivity index (χ2v) is 5.45. The van der Waals surface area contributed by atoms with E-state index in [4.69, 9.17) is 0 Å². The van der Waals surface area contributed by atoms with Crippen LogP contribution >= 0.6 is 0 Å². The van der Waals surface area contributed by atoms with Crippen molar-refractivity contribution in [3.05, 3.63) is 29.8 Å². The molecule has 0 spiro atoms. The molecule has 1 heterocycles. The number of nitrogens with zero attached hydrogens (tertiary/aromatic N) is 3. The molecule has 1 fully saturated rings. The Labute approximate surface area is 120 Å². The van der Waals surface area contributed by atoms with Crippen molar-refractivity contribution in [1.82, 2.24) is 9.80 Å². The average Bonchev–Trinajstić information content (AvgIpc) is 2.45. The van der Waals surface area contributed by atoms with Crippen LogP contribution < -0.4 is 4.90 Å². The molecule has 1 aliphatic rings. The highest BCUT2D eigenvalue weighted by atomic mass is 16.4. The van der Waals surface area contributed by atoms with E-state index in [9.17, 15) is 9.90 Å². The maximum atomic E-state index is 11.3. The zero-order valence-electron chi connectivity index (χ0n) is 12.2. The van der Waals surface area contributed by atoms with Crippen LogP contribution in [0.3, 0.4) is 0 Å². The van der Waals surface area contributed by atoms with Crippen molar-refractivity contribution in [2.24, 2.45) is 0 Å². The smallest absolute Gasteiger partial charge is 0.337 e. The number of carbonyl (C=O) groups is 1. The molecule has 0 atom stereocenters. The van der Waals surface area contributed by atoms with Gasteiger partial charge in [0.2, 0.25) is 0 Å². The molecule has 1 saturated heterocycles. The fourth-order valence-electron chi connectivity index (χ4n) is 2.48. The van der Waals surface area contributed by atoms with E-state index in [-0.39, 0.29) is 0 Å². The molecule has 0 saturated carbocycles. The zero-order valence-corrected chi connectivity index (χ0v) is 12.2. The molecule has 2 rings (SSSR count). The third-order valence-electron chi connectivity index (χ3n) is 3.71. The summed E-state index contributed by atoms with van der Waals surface area (Å²) in [5.74, 6) is -0.851. The van der Waals surface area contributed by atoms with Gasteiger partial charge in [-0.15, -0.1) is 0 Å². The van der Waals surface area contributed by atoms with Crippen LogP contribution in [0.25, 0.3) is 0 Å². The molecule has 1 aliphatic heterocycles. The number of anilines is 1. The fourth-order valence-corrected chi connectivity index (χ4v) is 2.48. The molecular weight excluding hydrogens is 254 g/mol. The monoisotopic (exact) mass is 277 g/mol. The Morgan fingerprint density at radius 3 is 2.45 bits per heavy atom. The van der Waals surface area contributed by atoms with Gasteiger partial charge in [-0.25, -0.2) is 4.79 Å². The van der Waals surface area contributed by atoms with E-state index >= 15 is 0 Å². The van der Waals surface area contributed by atoms with Crippen LogP contribution in [0.15, 0.2) is 24.3 Å². The van der Waals surface area contributed by atoms with Crippen molar-refractivity contribution in [2.75, 3.05) is 58.3 Å². The maximum absolute atomic E-state index is 11.3. The maximum Gasteiger partial charge on any atom is 0.337 e. The minimum atomic E-state index is -0.851. The normalized spacial score (nSPS) is 16.6. The molecule has 0 bridgehead atoms. The van der Waals surface area contributed by atoms with E-state index in [0.29, 0.717) is 5.56 Å². The van der Waals surface area contributed by atoms with Gasteiger partial charge in [0.25, 0.3) is 0 Å². The number of carboxylic acid groups (broad SMARTS) is 1. The summed E-state index contributed by atoms with van der Waals surface area (Å²) in [5.41, 5.74) is 1.24. The summed E-state index contributed by atoms with van der Waals surface area (Å²) in [4.78, 5) is 18.1. The topological polar surface area (TPSA) is 47.0 Å². The minimum Gasteiger partial charge on any atom is -0.478 e. The summed E-state index contributed by atoms with van der Waals surface area (Å²) in [6.07, 6.45) is 0. The summed E-state index contributed by atoms with van der Waals surface area (Å²) in [6.45, 7) is 5.88. The van der Waals surface area contributed by atoms with E-state index in [1.807, 2.05) is 12.1 Å². The summed E-state index contributed by atoms with van der Waals surface area (Å²) < 4.78 is 0. The molecule has 1 aromatic rings. The number of para-hydroxylation sites is 1. The van der Waals surface area contributed by atoms with Gasteiger partial charge < -0.3 is 14.9 Å². The standard InChI is InChI=1S/C15H23N3O2/c1-16(2)7-8-17-9-11-18(12-10-17)14-6-4-3-5-13(14)15(19)20/h3-6H,7-12H2,1-2H3,(H,19,20). The number of hydrogen-bond acceptors (Lipinski definition) is 4. The second kappa shape index (κ2) is 6.72. The van der Waals surface area contributed by atoms with Gasteiger partial charge in [0.15, 0.2) is 0 Å². The third kappa shape index (κ3) is 3.71. The molecule has 1 N–H and O–H groups in total. The van der Waals surface area contributed by atoms with Crippen molar-refractivity contribution in [3.8, 4) is 0 Å². The van der Waals surface area contributed by atoms with Gasteiger partial charge in [0.1, 0.15) is 0 Å². The van der Waals surface area contributed by atoms with E-state index in [1.54, 1.807) is 12.1 Å². The van der Waals surface area contributed by atoms with Crippen molar-refractivity contribution in [1.29, 1.82) is 0 Å². The van der Waals surface area contributed by atoms with Crippen LogP contribution in [0.1, 0.15) is 10.4 Å². The number of piperazine rings is 1. The Morgan fingerprint density at radius 1 is 1.20 bits per heavy atom. The molecule has 20 heavy (non-hydrogen) atoms. The zero-order chi connectivity index (χ0) is 14.5. The Hall–Kier alpha value is -1.59. The summed E-state index contributed by atoms with van der Waals surface area (Å²) in [7, 11) is 4.17. The van der Waals surface area contributed by atoms with E-state index in [1.165, 1.54) is 0 Å². The lowest BCUT2D eigenvalue weighted by Gasteiger charge is -2.37. The van der Waals surface area contributed by atoms with Crippen LogP contribution in [0, 0.1) is 0 Å². The van der Waals surface area contributed by atoms with Crippen LogP contribution in [0.2, 0.25) is 0 Å². The SMILES string of the molecule is CN(C)CCN1CCN(c2ccccc2C(=O)O)CC1. The first-order valence-corrected chi connectivity index (χ1v) is 7.02. The number of benzene rings is 1. The number of carboxylic acids is 1. The number of hydrogen-bond donors (Lipinski definition) is 1. The predicted molar refractivity (Wildman–Crippen MR) is 80.6 cm³/mol. The highest BCUT2D eigenvalue weighted by molar-refractivity contribution is 5.94. The molecule has 1 aromatic carbocycles. The van der Waals surface area contributed by atoms with Crippen molar-refractivity contribution in [2.45, 2.75) is 0 Å². The first kappa shape index (κ1) is 14.8. The molecular formula is C15H23N3O2. The summed E-state index contributed by atoms with van der Waals surface area (Å²) in [6, 6.07) is 7.26. The first-order chi connectivity index (χ1) is 9.58. The van der Waals surface area contributed by atoms with Crippen LogP contribution in [-0.4, -0.2) is 74.2 Å². The lowest BCUT2D eigenvalue weighted by molar-refractivity contribution is 0.0697. The van der Waals surface area contributed by atoms with Gasteiger partial charge in [0.05, 0.1) is 11.3 Å². The quantitative estimate of drug-likeness (QED) is 0.872. The lowest BCUT2D eigenvalue weighted by Crippen LogP contribution is -2.48. The Bertz CT molecular complexity index is 454. The van der Waals surface area contributed by atoms with Crippen molar-refractivity contribution >= 4 is 11.7 Å². The van der Waals surface area contributed by atoms with Gasteiger partial charge in [-0.2, -0.15) is 0 Å². The average molecular weight is 277 g/mol. The summed E-state index contributed by atoms with van der Waals surface area (Å²) in [5, 5.41) is 9.25. The first-order valence-electron chi connectivity index (χ1n) is 7.02. The Kier molecular flexibility index (Phi) is 4.98. The van der Waals surface area contributed by atoms with Crippen molar-refractivity contribution < 1.29 is 9.90 Å². The number of likely N-dealkylation sites (N-methyl/N-ethyl adjacent to an activating group) is 1. The van der Waals surface area contributed by atoms with E-state index in [2.05, 4.69) is 28.8 Å². The van der Waals surface area contributed by atoms with E-state index < -0.39 is 5.97 Å². The van der Waals surface area contributed by atoms with Gasteiger partial charge >= 0.3 is 5.97 Å². The van der Waals surface area contributed by atoms with E-state index in [0.717, 1.165) is 45.0 Å². The third-order valence-corrected chi connectivity index (χ3v) is 3.71. The minimum absolute atomic E-state index is 0.397. The Morgan fingerprint density at radius 2 is 1.85 bits per heavy atom. The predicted octanol–water partition coefficient (Wildman–Crippen LogP) is 1.07. The summed E-state index contributed by atoms with van der Waals surface area (Å²) >= 11 is 0. The largest absolute Gasteiger partial charge is 0.478 e. The highest BCUT2D eigenvalue weighted by Crippen LogP contribution is 2.21. The van der Waals surface area contributed by atoms with Crippen LogP contribution in [-0.2, 0) is 0 Å². The Balaban J connectivity index is 1.95. The van der Waals surface area contributed by atoms with Gasteiger partial charge in [-0.3, -0.25) is 4.90 Å². The van der Waals surface area contributed by atoms with Crippen molar-refractivity contribution in [3.63, 3.8) is 0 Å². The number of aromatic carboxylic acids is 1. The molecule has 0 aromatic heterocycles. The molecule has 110 valence electrons. The van der Waals surface area contributed by atoms with Crippen LogP contribution in [0.4, 0.5) is 5.69 Å².